The summed E-state index contributed by atoms with van der Waals surface area (Å²) in [6.45, 7) is 1.49. The second kappa shape index (κ2) is 7.83. The van der Waals surface area contributed by atoms with Crippen LogP contribution in [0.15, 0.2) is 48.8 Å². The van der Waals surface area contributed by atoms with Crippen LogP contribution in [0.4, 0.5) is 10.1 Å². The van der Waals surface area contributed by atoms with Crippen LogP contribution in [0.2, 0.25) is 5.02 Å². The normalized spacial score (nSPS) is 16.3. The molecule has 0 spiro atoms. The Balaban J connectivity index is 1.72. The van der Waals surface area contributed by atoms with E-state index in [1.54, 1.807) is 25.6 Å². The van der Waals surface area contributed by atoms with E-state index in [9.17, 15) is 4.39 Å². The first kappa shape index (κ1) is 19.8. The molecule has 1 atom stereocenters. The predicted molar refractivity (Wildman–Crippen MR) is 121 cm³/mol. The number of fused-ring (bicyclic) bond motifs is 1. The van der Waals surface area contributed by atoms with Gasteiger partial charge in [-0.1, -0.05) is 11.6 Å². The number of halogens is 2. The summed E-state index contributed by atoms with van der Waals surface area (Å²) in [5, 5.41) is 0.334. The lowest BCUT2D eigenvalue weighted by Gasteiger charge is -2.24. The molecule has 5 rings (SSSR count). The molecular formula is C23H21ClFN5O. The molecule has 8 heteroatoms. The number of aromatic amines is 1. The van der Waals surface area contributed by atoms with Gasteiger partial charge in [-0.2, -0.15) is 0 Å². The van der Waals surface area contributed by atoms with Crippen molar-refractivity contribution in [1.29, 1.82) is 0 Å². The molecule has 3 heterocycles. The van der Waals surface area contributed by atoms with Crippen molar-refractivity contribution in [2.45, 2.75) is 12.5 Å². The fourth-order valence-electron chi connectivity index (χ4n) is 4.12. The van der Waals surface area contributed by atoms with E-state index in [0.717, 1.165) is 46.6 Å². The fraction of sp³-hybridized carbons (Fsp3) is 0.217. The third kappa shape index (κ3) is 3.71. The van der Waals surface area contributed by atoms with Crippen molar-refractivity contribution in [2.24, 2.45) is 5.73 Å². The van der Waals surface area contributed by atoms with E-state index >= 15 is 0 Å². The first-order valence-corrected chi connectivity index (χ1v) is 10.4. The summed E-state index contributed by atoms with van der Waals surface area (Å²) in [5.41, 5.74) is 11.1. The molecular weight excluding hydrogens is 417 g/mol. The molecule has 0 radical (unpaired) electrons. The Morgan fingerprint density at radius 3 is 2.77 bits per heavy atom. The number of rotatable bonds is 4. The van der Waals surface area contributed by atoms with E-state index in [4.69, 9.17) is 27.1 Å². The highest BCUT2D eigenvalue weighted by atomic mass is 35.5. The summed E-state index contributed by atoms with van der Waals surface area (Å²) < 4.78 is 19.5. The highest BCUT2D eigenvalue weighted by Crippen LogP contribution is 2.40. The van der Waals surface area contributed by atoms with Crippen LogP contribution in [0.3, 0.4) is 0 Å². The Morgan fingerprint density at radius 2 is 2.03 bits per heavy atom. The first-order chi connectivity index (χ1) is 15.0. The van der Waals surface area contributed by atoms with E-state index in [1.807, 2.05) is 18.2 Å². The lowest BCUT2D eigenvalue weighted by Crippen LogP contribution is -2.27. The van der Waals surface area contributed by atoms with Crippen molar-refractivity contribution >= 4 is 28.3 Å². The van der Waals surface area contributed by atoms with E-state index < -0.39 is 5.82 Å². The van der Waals surface area contributed by atoms with Crippen LogP contribution in [0, 0.1) is 5.82 Å². The Hall–Kier alpha value is -3.16. The van der Waals surface area contributed by atoms with Crippen LogP contribution in [0.5, 0.6) is 5.75 Å². The first-order valence-electron chi connectivity index (χ1n) is 10.0. The molecule has 0 unspecified atom stereocenters. The van der Waals surface area contributed by atoms with Gasteiger partial charge in [0.05, 0.1) is 29.4 Å². The van der Waals surface area contributed by atoms with Crippen LogP contribution in [0.1, 0.15) is 6.42 Å². The van der Waals surface area contributed by atoms with Crippen molar-refractivity contribution < 1.29 is 9.13 Å². The highest BCUT2D eigenvalue weighted by Gasteiger charge is 2.26. The van der Waals surface area contributed by atoms with Gasteiger partial charge < -0.3 is 20.4 Å². The van der Waals surface area contributed by atoms with E-state index in [-0.39, 0.29) is 6.04 Å². The number of hydrogen-bond acceptors (Lipinski definition) is 5. The van der Waals surface area contributed by atoms with Crippen molar-refractivity contribution in [3.05, 3.63) is 59.6 Å². The van der Waals surface area contributed by atoms with Crippen LogP contribution in [-0.2, 0) is 0 Å². The molecule has 2 aromatic carbocycles. The van der Waals surface area contributed by atoms with Crippen LogP contribution >= 0.6 is 11.6 Å². The van der Waals surface area contributed by atoms with Gasteiger partial charge >= 0.3 is 0 Å². The lowest BCUT2D eigenvalue weighted by molar-refractivity contribution is 0.415. The molecule has 1 aliphatic rings. The zero-order chi connectivity index (χ0) is 21.5. The number of ether oxygens (including phenoxy) is 1. The minimum Gasteiger partial charge on any atom is -0.497 e. The molecule has 2 aromatic heterocycles. The molecule has 31 heavy (non-hydrogen) atoms. The number of nitrogens with one attached hydrogen (secondary N) is 1. The van der Waals surface area contributed by atoms with Gasteiger partial charge in [-0.05, 0) is 42.3 Å². The number of methoxy groups -OCH3 is 1. The number of hydrogen-bond donors (Lipinski definition) is 2. The van der Waals surface area contributed by atoms with E-state index in [2.05, 4.69) is 14.9 Å². The lowest BCUT2D eigenvalue weighted by atomic mass is 10.0. The SMILES string of the molecule is COc1ccc2[nH]c(-c3cncc(-c4cc(F)cc(Cl)c4)c3N3CC[C@H](N)C3)nc2c1. The minimum atomic E-state index is -0.396. The summed E-state index contributed by atoms with van der Waals surface area (Å²) in [6, 6.07) is 10.3. The zero-order valence-electron chi connectivity index (χ0n) is 16.9. The number of aromatic nitrogens is 3. The largest absolute Gasteiger partial charge is 0.497 e. The Kier molecular flexibility index (Phi) is 5.00. The molecule has 1 aliphatic heterocycles. The highest BCUT2D eigenvalue weighted by molar-refractivity contribution is 6.30. The Labute approximate surface area is 183 Å². The van der Waals surface area contributed by atoms with Crippen molar-refractivity contribution in [3.8, 4) is 28.3 Å². The standard InChI is InChI=1S/C23H21ClFN5O/c1-31-17-2-3-20-21(9-17)29-23(28-20)19-11-27-10-18(13-6-14(24)8-15(25)7-13)22(19)30-5-4-16(26)12-30/h2-3,6-11,16H,4-5,12,26H2,1H3,(H,28,29)/t16-/m0/s1. The maximum atomic E-state index is 14.2. The third-order valence-electron chi connectivity index (χ3n) is 5.58. The molecule has 0 amide bonds. The van der Waals surface area contributed by atoms with Crippen molar-refractivity contribution in [2.75, 3.05) is 25.1 Å². The van der Waals surface area contributed by atoms with Gasteiger partial charge in [0.25, 0.3) is 0 Å². The van der Waals surface area contributed by atoms with Gasteiger partial charge in [-0.3, -0.25) is 4.98 Å². The number of nitrogens with two attached hydrogens (primary N) is 1. The Bertz CT molecular complexity index is 1250. The quantitative estimate of drug-likeness (QED) is 0.486. The van der Waals surface area contributed by atoms with Gasteiger partial charge in [-0.25, -0.2) is 9.37 Å². The van der Waals surface area contributed by atoms with E-state index in [1.165, 1.54) is 12.1 Å². The van der Waals surface area contributed by atoms with Gasteiger partial charge in [0.2, 0.25) is 0 Å². The zero-order valence-corrected chi connectivity index (χ0v) is 17.7. The van der Waals surface area contributed by atoms with Gasteiger partial charge in [-0.15, -0.1) is 0 Å². The third-order valence-corrected chi connectivity index (χ3v) is 5.80. The molecule has 3 N–H and O–H groups in total. The summed E-state index contributed by atoms with van der Waals surface area (Å²) in [6.07, 6.45) is 4.39. The smallest absolute Gasteiger partial charge is 0.142 e. The maximum absolute atomic E-state index is 14.2. The van der Waals surface area contributed by atoms with Crippen LogP contribution < -0.4 is 15.4 Å². The number of nitrogens with zero attached hydrogens (tertiary/aromatic N) is 3. The number of imidazole rings is 1. The monoisotopic (exact) mass is 437 g/mol. The molecule has 158 valence electrons. The van der Waals surface area contributed by atoms with Crippen LogP contribution in [0.25, 0.3) is 33.5 Å². The fourth-order valence-corrected chi connectivity index (χ4v) is 4.34. The van der Waals surface area contributed by atoms with E-state index in [0.29, 0.717) is 23.0 Å². The molecule has 0 saturated carbocycles. The van der Waals surface area contributed by atoms with Gasteiger partial charge in [0, 0.05) is 48.2 Å². The number of benzene rings is 2. The molecule has 4 aromatic rings. The van der Waals surface area contributed by atoms with Crippen molar-refractivity contribution in [3.63, 3.8) is 0 Å². The van der Waals surface area contributed by atoms with Gasteiger partial charge in [0.15, 0.2) is 0 Å². The second-order valence-corrected chi connectivity index (χ2v) is 8.14. The van der Waals surface area contributed by atoms with Crippen LogP contribution in [-0.4, -0.2) is 41.2 Å². The molecule has 1 fully saturated rings. The minimum absolute atomic E-state index is 0.0740. The Morgan fingerprint density at radius 1 is 1.19 bits per heavy atom. The predicted octanol–water partition coefficient (Wildman–Crippen LogP) is 4.63. The van der Waals surface area contributed by atoms with Crippen molar-refractivity contribution in [1.82, 2.24) is 15.0 Å². The summed E-state index contributed by atoms with van der Waals surface area (Å²) in [5.74, 6) is 1.01. The summed E-state index contributed by atoms with van der Waals surface area (Å²) in [4.78, 5) is 14.8. The molecule has 1 saturated heterocycles. The summed E-state index contributed by atoms with van der Waals surface area (Å²) >= 11 is 6.15. The average molecular weight is 438 g/mol. The number of pyridine rings is 1. The topological polar surface area (TPSA) is 80.1 Å². The van der Waals surface area contributed by atoms with Gasteiger partial charge in [0.1, 0.15) is 17.4 Å². The average Bonchev–Trinajstić information content (AvgIpc) is 3.37. The molecule has 0 aliphatic carbocycles. The second-order valence-electron chi connectivity index (χ2n) is 7.70. The summed E-state index contributed by atoms with van der Waals surface area (Å²) in [7, 11) is 1.63. The maximum Gasteiger partial charge on any atom is 0.142 e. The molecule has 6 nitrogen and oxygen atoms in total. The number of anilines is 1. The molecule has 0 bridgehead atoms. The number of H-pyrrole nitrogens is 1.